The predicted molar refractivity (Wildman–Crippen MR) is 109 cm³/mol. The number of thioether (sulfide) groups is 1. The quantitative estimate of drug-likeness (QED) is 0.694. The normalized spacial score (nSPS) is 19.5. The molecule has 0 unspecified atom stereocenters. The molecule has 2 aromatic rings. The van der Waals surface area contributed by atoms with Gasteiger partial charge in [-0.25, -0.2) is 4.39 Å². The van der Waals surface area contributed by atoms with E-state index in [1.807, 2.05) is 25.1 Å². The Kier molecular flexibility index (Phi) is 5.05. The fourth-order valence-electron chi connectivity index (χ4n) is 3.48. The average Bonchev–Trinajstić information content (AvgIpc) is 2.70. The number of allylic oxidation sites excluding steroid dienone is 1. The Labute approximate surface area is 172 Å². The summed E-state index contributed by atoms with van der Waals surface area (Å²) in [6.45, 7) is 2.32. The van der Waals surface area contributed by atoms with Gasteiger partial charge in [0.15, 0.2) is 0 Å². The predicted octanol–water partition coefficient (Wildman–Crippen LogP) is 5.01. The number of benzene rings is 2. The second-order valence-electron chi connectivity index (χ2n) is 6.85. The maximum absolute atomic E-state index is 13.3. The number of carbonyl (C=O) groups is 1. The van der Waals surface area contributed by atoms with Crippen molar-refractivity contribution in [3.05, 3.63) is 75.0 Å². The molecule has 4 rings (SSSR count). The largest absolute Gasteiger partial charge is 0.344 e. The number of rotatable bonds is 2. The first-order valence-corrected chi connectivity index (χ1v) is 10.2. The lowest BCUT2D eigenvalue weighted by Gasteiger charge is -2.42. The molecule has 0 aliphatic carbocycles. The molecule has 1 fully saturated rings. The molecule has 142 valence electrons. The van der Waals surface area contributed by atoms with E-state index in [-0.39, 0.29) is 24.1 Å². The maximum Gasteiger partial charge on any atom is 0.229 e. The third-order valence-electron chi connectivity index (χ3n) is 5.09. The van der Waals surface area contributed by atoms with Crippen molar-refractivity contribution < 1.29 is 9.18 Å². The van der Waals surface area contributed by atoms with Gasteiger partial charge in [-0.1, -0.05) is 41.6 Å². The molecule has 0 spiro atoms. The van der Waals surface area contributed by atoms with Gasteiger partial charge in [0.25, 0.3) is 0 Å². The van der Waals surface area contributed by atoms with Crippen molar-refractivity contribution in [1.82, 2.24) is 4.90 Å². The summed E-state index contributed by atoms with van der Waals surface area (Å²) < 4.78 is 13.3. The van der Waals surface area contributed by atoms with Crippen LogP contribution in [0.3, 0.4) is 0 Å². The number of hydrogen-bond acceptors (Lipinski definition) is 4. The van der Waals surface area contributed by atoms with Crippen molar-refractivity contribution in [2.75, 3.05) is 17.4 Å². The van der Waals surface area contributed by atoms with E-state index in [9.17, 15) is 14.4 Å². The van der Waals surface area contributed by atoms with E-state index in [0.29, 0.717) is 28.2 Å². The van der Waals surface area contributed by atoms with Crippen LogP contribution in [0.5, 0.6) is 0 Å². The van der Waals surface area contributed by atoms with Crippen LogP contribution in [0.25, 0.3) is 0 Å². The minimum atomic E-state index is -0.336. The van der Waals surface area contributed by atoms with Crippen LogP contribution in [0.4, 0.5) is 10.1 Å². The number of aryl methyl sites for hydroxylation is 1. The number of amides is 1. The Hall–Kier alpha value is -2.49. The van der Waals surface area contributed by atoms with Gasteiger partial charge in [-0.05, 0) is 42.3 Å². The van der Waals surface area contributed by atoms with E-state index in [1.165, 1.54) is 23.9 Å². The average molecular weight is 414 g/mol. The van der Waals surface area contributed by atoms with Gasteiger partial charge < -0.3 is 4.90 Å². The second-order valence-corrected chi connectivity index (χ2v) is 8.19. The number of carbonyl (C=O) groups excluding carboxylic acids is 1. The SMILES string of the molecule is Cc1ccc(N2CSC3=C(C#N)[C@H](c4ccc(F)cc4)CC(=O)N3C2)cc1Cl. The first-order valence-electron chi connectivity index (χ1n) is 8.82. The van der Waals surface area contributed by atoms with Gasteiger partial charge >= 0.3 is 0 Å². The number of hydrogen-bond donors (Lipinski definition) is 0. The van der Waals surface area contributed by atoms with Gasteiger partial charge in [0.05, 0.1) is 29.2 Å². The van der Waals surface area contributed by atoms with Crippen LogP contribution in [-0.2, 0) is 4.79 Å². The van der Waals surface area contributed by atoms with Crippen molar-refractivity contribution in [1.29, 1.82) is 5.26 Å². The molecule has 7 heteroatoms. The molecule has 2 aromatic carbocycles. The van der Waals surface area contributed by atoms with Gasteiger partial charge in [-0.3, -0.25) is 9.69 Å². The molecule has 0 bridgehead atoms. The minimum absolute atomic E-state index is 0.0428. The summed E-state index contributed by atoms with van der Waals surface area (Å²) in [6, 6.07) is 14.1. The third kappa shape index (κ3) is 3.36. The van der Waals surface area contributed by atoms with Crippen molar-refractivity contribution in [3.8, 4) is 6.07 Å². The smallest absolute Gasteiger partial charge is 0.229 e. The topological polar surface area (TPSA) is 47.3 Å². The lowest BCUT2D eigenvalue weighted by Crippen LogP contribution is -2.47. The molecule has 2 aliphatic rings. The highest BCUT2D eigenvalue weighted by Crippen LogP contribution is 2.43. The molecule has 0 N–H and O–H groups in total. The zero-order valence-corrected chi connectivity index (χ0v) is 16.7. The fraction of sp³-hybridized carbons (Fsp3) is 0.238. The van der Waals surface area contributed by atoms with Gasteiger partial charge in [0.2, 0.25) is 5.91 Å². The van der Waals surface area contributed by atoms with E-state index in [4.69, 9.17) is 11.6 Å². The molecule has 0 radical (unpaired) electrons. The van der Waals surface area contributed by atoms with Crippen molar-refractivity contribution in [3.63, 3.8) is 0 Å². The number of nitriles is 1. The second kappa shape index (κ2) is 7.50. The summed E-state index contributed by atoms with van der Waals surface area (Å²) in [5.41, 5.74) is 3.29. The van der Waals surface area contributed by atoms with Crippen LogP contribution in [0.2, 0.25) is 5.02 Å². The van der Waals surface area contributed by atoms with E-state index < -0.39 is 0 Å². The molecule has 1 atom stereocenters. The Morgan fingerprint density at radius 2 is 2.00 bits per heavy atom. The molecule has 28 heavy (non-hydrogen) atoms. The highest BCUT2D eigenvalue weighted by Gasteiger charge is 2.38. The Morgan fingerprint density at radius 1 is 1.25 bits per heavy atom. The first-order chi connectivity index (χ1) is 13.5. The molecular formula is C21H17ClFN3OS. The zero-order valence-electron chi connectivity index (χ0n) is 15.2. The minimum Gasteiger partial charge on any atom is -0.344 e. The van der Waals surface area contributed by atoms with Crippen LogP contribution in [0, 0.1) is 24.1 Å². The number of nitrogens with zero attached hydrogens (tertiary/aromatic N) is 3. The molecule has 1 saturated heterocycles. The molecular weight excluding hydrogens is 397 g/mol. The van der Waals surface area contributed by atoms with Crippen LogP contribution < -0.4 is 4.90 Å². The van der Waals surface area contributed by atoms with Crippen LogP contribution >= 0.6 is 23.4 Å². The lowest BCUT2D eigenvalue weighted by molar-refractivity contribution is -0.129. The van der Waals surface area contributed by atoms with Gasteiger partial charge in [0.1, 0.15) is 5.82 Å². The molecule has 2 aliphatic heterocycles. The van der Waals surface area contributed by atoms with E-state index in [2.05, 4.69) is 11.0 Å². The van der Waals surface area contributed by atoms with Crippen LogP contribution in [-0.4, -0.2) is 23.4 Å². The van der Waals surface area contributed by atoms with Crippen LogP contribution in [0.15, 0.2) is 53.1 Å². The molecule has 0 saturated carbocycles. The van der Waals surface area contributed by atoms with Crippen LogP contribution in [0.1, 0.15) is 23.5 Å². The van der Waals surface area contributed by atoms with E-state index in [1.54, 1.807) is 17.0 Å². The summed E-state index contributed by atoms with van der Waals surface area (Å²) in [4.78, 5) is 16.6. The highest BCUT2D eigenvalue weighted by molar-refractivity contribution is 8.03. The molecule has 0 aromatic heterocycles. The molecule has 2 heterocycles. The lowest BCUT2D eigenvalue weighted by atomic mass is 9.86. The van der Waals surface area contributed by atoms with Crippen molar-refractivity contribution >= 4 is 35.0 Å². The Balaban J connectivity index is 1.65. The first kappa shape index (κ1) is 18.9. The van der Waals surface area contributed by atoms with E-state index >= 15 is 0 Å². The van der Waals surface area contributed by atoms with Gasteiger partial charge in [-0.2, -0.15) is 5.26 Å². The van der Waals surface area contributed by atoms with Gasteiger partial charge in [0, 0.05) is 23.0 Å². The summed E-state index contributed by atoms with van der Waals surface area (Å²) in [5.74, 6) is -0.103. The zero-order chi connectivity index (χ0) is 19.8. The molecule has 4 nitrogen and oxygen atoms in total. The Morgan fingerprint density at radius 3 is 2.68 bits per heavy atom. The Bertz CT molecular complexity index is 1020. The number of fused-ring (bicyclic) bond motifs is 1. The maximum atomic E-state index is 13.3. The standard InChI is InChI=1S/C21H17ClFN3OS/c1-13-2-7-16(8-19(13)22)25-11-26-20(27)9-17(14-3-5-15(23)6-4-14)18(10-24)21(26)28-12-25/h2-8,17H,9,11-12H2,1H3/t17-/m0/s1. The monoisotopic (exact) mass is 413 g/mol. The summed E-state index contributed by atoms with van der Waals surface area (Å²) in [6.07, 6.45) is 0.196. The van der Waals surface area contributed by atoms with Crippen molar-refractivity contribution in [2.24, 2.45) is 0 Å². The highest BCUT2D eigenvalue weighted by atomic mass is 35.5. The fourth-order valence-corrected chi connectivity index (χ4v) is 4.83. The molecule has 1 amide bonds. The number of halogens is 2. The van der Waals surface area contributed by atoms with Crippen molar-refractivity contribution in [2.45, 2.75) is 19.3 Å². The van der Waals surface area contributed by atoms with Gasteiger partial charge in [-0.15, -0.1) is 0 Å². The van der Waals surface area contributed by atoms with E-state index in [0.717, 1.165) is 16.8 Å². The third-order valence-corrected chi connectivity index (χ3v) is 6.65. The summed E-state index contributed by atoms with van der Waals surface area (Å²) in [5, 5.41) is 11.2. The number of anilines is 1. The summed E-state index contributed by atoms with van der Waals surface area (Å²) in [7, 11) is 0. The summed E-state index contributed by atoms with van der Waals surface area (Å²) >= 11 is 7.72.